The van der Waals surface area contributed by atoms with Crippen LogP contribution >= 0.6 is 0 Å². The maximum atomic E-state index is 6.03. The van der Waals surface area contributed by atoms with Crippen molar-refractivity contribution in [2.75, 3.05) is 31.1 Å². The summed E-state index contributed by atoms with van der Waals surface area (Å²) in [7, 11) is 0. The molecule has 2 aliphatic rings. The minimum Gasteiger partial charge on any atom is -0.391 e. The topological polar surface area (TPSA) is 53.9 Å². The molecule has 4 heterocycles. The van der Waals surface area contributed by atoms with Crippen molar-refractivity contribution >= 4 is 11.4 Å². The average molecular weight is 588 g/mol. The minimum absolute atomic E-state index is 0.000616. The van der Waals surface area contributed by atoms with E-state index in [4.69, 9.17) is 14.8 Å². The Labute approximate surface area is 262 Å². The number of pyridine rings is 2. The monoisotopic (exact) mass is 587 g/mol. The molecule has 0 spiro atoms. The molecule has 2 aliphatic heterocycles. The first-order chi connectivity index (χ1) is 21.4. The van der Waals surface area contributed by atoms with Crippen LogP contribution in [0.1, 0.15) is 61.3 Å². The van der Waals surface area contributed by atoms with Crippen LogP contribution in [-0.4, -0.2) is 52.9 Å². The van der Waals surface area contributed by atoms with Gasteiger partial charge in [-0.05, 0) is 75.8 Å². The summed E-state index contributed by atoms with van der Waals surface area (Å²) >= 11 is 0. The van der Waals surface area contributed by atoms with Crippen molar-refractivity contribution < 1.29 is 4.84 Å². The Hall–Kier alpha value is -4.03. The second-order valence-electron chi connectivity index (χ2n) is 12.5. The van der Waals surface area contributed by atoms with Crippen LogP contribution in [0.5, 0.6) is 0 Å². The second kappa shape index (κ2) is 13.7. The quantitative estimate of drug-likeness (QED) is 0.148. The van der Waals surface area contributed by atoms with Crippen molar-refractivity contribution in [3.05, 3.63) is 101 Å². The van der Waals surface area contributed by atoms with Gasteiger partial charge in [-0.3, -0.25) is 14.9 Å². The van der Waals surface area contributed by atoms with Crippen LogP contribution in [0.25, 0.3) is 22.4 Å². The summed E-state index contributed by atoms with van der Waals surface area (Å²) in [5.41, 5.74) is 13.1. The molecule has 44 heavy (non-hydrogen) atoms. The lowest BCUT2D eigenvalue weighted by atomic mass is 9.94. The fourth-order valence-electron chi connectivity index (χ4n) is 6.37. The first-order valence-electron chi connectivity index (χ1n) is 16.2. The van der Waals surface area contributed by atoms with Gasteiger partial charge < -0.3 is 9.74 Å². The van der Waals surface area contributed by atoms with Gasteiger partial charge in [0.1, 0.15) is 6.10 Å². The molecular weight excluding hydrogens is 542 g/mol. The van der Waals surface area contributed by atoms with E-state index < -0.39 is 0 Å². The predicted octanol–water partition coefficient (Wildman–Crippen LogP) is 7.80. The molecule has 0 saturated heterocycles. The molecule has 228 valence electrons. The fraction of sp³-hybridized carbons (Fsp3) is 0.395. The Bertz CT molecular complexity index is 1600. The molecule has 4 aromatic rings. The van der Waals surface area contributed by atoms with Crippen molar-refractivity contribution in [2.45, 2.75) is 72.4 Å². The zero-order valence-electron chi connectivity index (χ0n) is 26.7. The average Bonchev–Trinajstić information content (AvgIpc) is 3.24. The van der Waals surface area contributed by atoms with Crippen molar-refractivity contribution in [1.29, 1.82) is 0 Å². The third kappa shape index (κ3) is 7.02. The molecule has 0 amide bonds. The minimum atomic E-state index is 0.000616. The molecule has 0 bridgehead atoms. The standard InChI is InChI=1S/C38H45N5O/c1-27-23-37-36(39-30(27)4)17-11-12-20-43(37)25-29(3)44-41-28(2)18-21-42-22-19-35-33(26-42)24-34(31-13-7-5-8-14-31)38(40-35)32-15-9-6-10-16-32/h5-10,13-16,23-24,29H,11-12,17-22,25-26H2,1-4H3/t29-/m1/s1. The normalized spacial score (nSPS) is 16.2. The van der Waals surface area contributed by atoms with Gasteiger partial charge in [0.2, 0.25) is 0 Å². The van der Waals surface area contributed by atoms with Gasteiger partial charge in [-0.15, -0.1) is 0 Å². The summed E-state index contributed by atoms with van der Waals surface area (Å²) in [6, 6.07) is 25.9. The van der Waals surface area contributed by atoms with E-state index >= 15 is 0 Å². The zero-order chi connectivity index (χ0) is 30.5. The Morgan fingerprint density at radius 1 is 0.886 bits per heavy atom. The van der Waals surface area contributed by atoms with Crippen molar-refractivity contribution in [2.24, 2.45) is 5.16 Å². The van der Waals surface area contributed by atoms with Gasteiger partial charge in [0.25, 0.3) is 0 Å². The number of hydrogen-bond acceptors (Lipinski definition) is 6. The number of hydrogen-bond donors (Lipinski definition) is 0. The van der Waals surface area contributed by atoms with Crippen molar-refractivity contribution in [3.63, 3.8) is 0 Å². The van der Waals surface area contributed by atoms with Crippen LogP contribution < -0.4 is 4.90 Å². The number of anilines is 1. The smallest absolute Gasteiger partial charge is 0.142 e. The molecule has 6 nitrogen and oxygen atoms in total. The van der Waals surface area contributed by atoms with Crippen LogP contribution in [-0.2, 0) is 24.2 Å². The summed E-state index contributed by atoms with van der Waals surface area (Å²) in [6.07, 6.45) is 5.26. The maximum absolute atomic E-state index is 6.03. The summed E-state index contributed by atoms with van der Waals surface area (Å²) in [5.74, 6) is 0. The molecule has 0 N–H and O–H groups in total. The Morgan fingerprint density at radius 3 is 2.41 bits per heavy atom. The Balaban J connectivity index is 1.08. The third-order valence-corrected chi connectivity index (χ3v) is 8.99. The van der Waals surface area contributed by atoms with Crippen LogP contribution in [0.15, 0.2) is 78.0 Å². The van der Waals surface area contributed by atoms with Gasteiger partial charge >= 0.3 is 0 Å². The van der Waals surface area contributed by atoms with Gasteiger partial charge in [-0.2, -0.15) is 0 Å². The molecule has 0 unspecified atom stereocenters. The van der Waals surface area contributed by atoms with E-state index in [1.54, 1.807) is 0 Å². The fourth-order valence-corrected chi connectivity index (χ4v) is 6.37. The number of nitrogens with zero attached hydrogens (tertiary/aromatic N) is 5. The van der Waals surface area contributed by atoms with Crippen LogP contribution in [0.4, 0.5) is 5.69 Å². The van der Waals surface area contributed by atoms with E-state index in [1.807, 2.05) is 0 Å². The van der Waals surface area contributed by atoms with Crippen molar-refractivity contribution in [1.82, 2.24) is 14.9 Å². The maximum Gasteiger partial charge on any atom is 0.142 e. The first kappa shape index (κ1) is 30.0. The highest BCUT2D eigenvalue weighted by molar-refractivity contribution is 5.82. The molecule has 0 saturated carbocycles. The largest absolute Gasteiger partial charge is 0.391 e. The number of fused-ring (bicyclic) bond motifs is 2. The van der Waals surface area contributed by atoms with Gasteiger partial charge in [-0.1, -0.05) is 65.8 Å². The molecule has 0 radical (unpaired) electrons. The van der Waals surface area contributed by atoms with E-state index in [9.17, 15) is 0 Å². The molecule has 1 atom stereocenters. The van der Waals surface area contributed by atoms with E-state index in [0.717, 1.165) is 69.1 Å². The van der Waals surface area contributed by atoms with E-state index in [2.05, 4.69) is 115 Å². The molecule has 2 aromatic heterocycles. The third-order valence-electron chi connectivity index (χ3n) is 8.99. The van der Waals surface area contributed by atoms with E-state index in [0.29, 0.717) is 0 Å². The van der Waals surface area contributed by atoms with Crippen LogP contribution in [0.3, 0.4) is 0 Å². The Kier molecular flexibility index (Phi) is 9.37. The lowest BCUT2D eigenvalue weighted by Gasteiger charge is -2.29. The Morgan fingerprint density at radius 2 is 1.64 bits per heavy atom. The number of oxime groups is 1. The van der Waals surface area contributed by atoms with Crippen LogP contribution in [0, 0.1) is 13.8 Å². The van der Waals surface area contributed by atoms with Gasteiger partial charge in [0, 0.05) is 61.5 Å². The second-order valence-corrected chi connectivity index (χ2v) is 12.5. The first-order valence-corrected chi connectivity index (χ1v) is 16.2. The summed E-state index contributed by atoms with van der Waals surface area (Å²) < 4.78 is 0. The zero-order valence-corrected chi connectivity index (χ0v) is 26.7. The predicted molar refractivity (Wildman–Crippen MR) is 181 cm³/mol. The summed E-state index contributed by atoms with van der Waals surface area (Å²) in [5, 5.41) is 4.56. The number of aromatic nitrogens is 2. The van der Waals surface area contributed by atoms with E-state index in [-0.39, 0.29) is 6.10 Å². The highest BCUT2D eigenvalue weighted by Crippen LogP contribution is 2.34. The molecule has 2 aromatic carbocycles. The summed E-state index contributed by atoms with van der Waals surface area (Å²) in [4.78, 5) is 21.1. The lowest BCUT2D eigenvalue weighted by Crippen LogP contribution is -2.33. The SMILES string of the molecule is CC(CCN1CCc2nc(-c3ccccc3)c(-c3ccccc3)cc2C1)=NO[C@H](C)CN1CCCCc2nc(C)c(C)cc21. The highest BCUT2D eigenvalue weighted by Gasteiger charge is 2.22. The molecular formula is C38H45N5O. The van der Waals surface area contributed by atoms with Crippen LogP contribution in [0.2, 0.25) is 0 Å². The molecule has 6 rings (SSSR count). The molecule has 6 heteroatoms. The van der Waals surface area contributed by atoms with Gasteiger partial charge in [0.05, 0.1) is 29.3 Å². The van der Waals surface area contributed by atoms with Crippen molar-refractivity contribution in [3.8, 4) is 22.4 Å². The highest BCUT2D eigenvalue weighted by atomic mass is 16.6. The lowest BCUT2D eigenvalue weighted by molar-refractivity contribution is 0.0761. The number of rotatable bonds is 9. The van der Waals surface area contributed by atoms with Gasteiger partial charge in [-0.25, -0.2) is 0 Å². The molecule has 0 fully saturated rings. The summed E-state index contributed by atoms with van der Waals surface area (Å²) in [6.45, 7) is 13.2. The van der Waals surface area contributed by atoms with Gasteiger partial charge in [0.15, 0.2) is 0 Å². The number of benzene rings is 2. The number of aryl methyl sites for hydroxylation is 3. The van der Waals surface area contributed by atoms with E-state index in [1.165, 1.54) is 57.7 Å². The molecule has 0 aliphatic carbocycles.